The van der Waals surface area contributed by atoms with E-state index >= 15 is 0 Å². The SMILES string of the molecule is CNC(=O)C(C)(C)Oc1ccc(-c2nc3ncc(Br)c(NC4CCN(C)CC4)c3[nH]2)cc1. The molecule has 2 aromatic heterocycles. The molecule has 0 aliphatic carbocycles. The van der Waals surface area contributed by atoms with Crippen LogP contribution in [0.2, 0.25) is 0 Å². The third-order valence-electron chi connectivity index (χ3n) is 5.82. The van der Waals surface area contributed by atoms with Crippen LogP contribution in [0.15, 0.2) is 34.9 Å². The van der Waals surface area contributed by atoms with Crippen molar-refractivity contribution in [1.29, 1.82) is 0 Å². The van der Waals surface area contributed by atoms with E-state index in [-0.39, 0.29) is 5.91 Å². The zero-order valence-corrected chi connectivity index (χ0v) is 20.4. The van der Waals surface area contributed by atoms with E-state index in [1.165, 1.54) is 0 Å². The number of aromatic nitrogens is 3. The number of imidazole rings is 1. The highest BCUT2D eigenvalue weighted by atomic mass is 79.9. The molecule has 4 rings (SSSR count). The Labute approximate surface area is 196 Å². The van der Waals surface area contributed by atoms with E-state index in [0.717, 1.165) is 53.0 Å². The lowest BCUT2D eigenvalue weighted by molar-refractivity contribution is -0.133. The van der Waals surface area contributed by atoms with Crippen LogP contribution in [-0.4, -0.2) is 64.6 Å². The number of anilines is 1. The number of rotatable bonds is 6. The normalized spacial score (nSPS) is 15.7. The smallest absolute Gasteiger partial charge is 0.263 e. The standard InChI is InChI=1S/C23H29BrN6O2/c1-23(2,22(31)25-3)32-16-7-5-14(6-8-16)20-28-19-18(17(24)13-26-21(19)29-20)27-15-9-11-30(4)12-10-15/h5-8,13,15H,9-12H2,1-4H3,(H,25,31)(H2,26,27,28,29). The first-order valence-electron chi connectivity index (χ1n) is 10.8. The molecule has 1 aliphatic heterocycles. The predicted molar refractivity (Wildman–Crippen MR) is 130 cm³/mol. The van der Waals surface area contributed by atoms with Gasteiger partial charge >= 0.3 is 0 Å². The van der Waals surface area contributed by atoms with Crippen molar-refractivity contribution < 1.29 is 9.53 Å². The van der Waals surface area contributed by atoms with Crippen LogP contribution in [-0.2, 0) is 4.79 Å². The van der Waals surface area contributed by atoms with Crippen LogP contribution in [0, 0.1) is 0 Å². The van der Waals surface area contributed by atoms with Gasteiger partial charge in [-0.1, -0.05) is 0 Å². The largest absolute Gasteiger partial charge is 0.478 e. The van der Waals surface area contributed by atoms with Crippen LogP contribution < -0.4 is 15.4 Å². The van der Waals surface area contributed by atoms with Gasteiger partial charge in [0.05, 0.1) is 10.2 Å². The van der Waals surface area contributed by atoms with Crippen molar-refractivity contribution in [2.45, 2.75) is 38.3 Å². The summed E-state index contributed by atoms with van der Waals surface area (Å²) in [6.45, 7) is 5.65. The number of nitrogens with one attached hydrogen (secondary N) is 3. The molecule has 0 spiro atoms. The Bertz CT molecular complexity index is 1100. The number of pyridine rings is 1. The van der Waals surface area contributed by atoms with Crippen LogP contribution >= 0.6 is 15.9 Å². The molecule has 0 unspecified atom stereocenters. The molecule has 1 aromatic carbocycles. The molecule has 3 heterocycles. The topological polar surface area (TPSA) is 95.2 Å². The molecule has 170 valence electrons. The van der Waals surface area contributed by atoms with Crippen molar-refractivity contribution in [3.8, 4) is 17.1 Å². The highest BCUT2D eigenvalue weighted by Crippen LogP contribution is 2.33. The number of carbonyl (C=O) groups excluding carboxylic acids is 1. The number of piperidine rings is 1. The Balaban J connectivity index is 1.57. The quantitative estimate of drug-likeness (QED) is 0.476. The number of amides is 1. The van der Waals surface area contributed by atoms with Crippen LogP contribution in [0.5, 0.6) is 5.75 Å². The Kier molecular flexibility index (Phi) is 6.39. The Hall–Kier alpha value is -2.65. The van der Waals surface area contributed by atoms with Gasteiger partial charge in [-0.25, -0.2) is 9.97 Å². The summed E-state index contributed by atoms with van der Waals surface area (Å²) in [5.41, 5.74) is 2.50. The second-order valence-electron chi connectivity index (χ2n) is 8.70. The minimum atomic E-state index is -0.958. The molecule has 8 nitrogen and oxygen atoms in total. The number of H-pyrrole nitrogens is 1. The third kappa shape index (κ3) is 4.73. The summed E-state index contributed by atoms with van der Waals surface area (Å²) in [4.78, 5) is 26.9. The van der Waals surface area contributed by atoms with E-state index in [1.807, 2.05) is 24.3 Å². The van der Waals surface area contributed by atoms with Gasteiger partial charge in [0.1, 0.15) is 17.1 Å². The van der Waals surface area contributed by atoms with E-state index in [0.29, 0.717) is 17.4 Å². The summed E-state index contributed by atoms with van der Waals surface area (Å²) in [6.07, 6.45) is 3.99. The number of halogens is 1. The number of hydrogen-bond donors (Lipinski definition) is 3. The maximum absolute atomic E-state index is 12.0. The van der Waals surface area contributed by atoms with E-state index in [1.54, 1.807) is 27.1 Å². The van der Waals surface area contributed by atoms with Gasteiger partial charge < -0.3 is 25.3 Å². The fourth-order valence-electron chi connectivity index (χ4n) is 3.89. The zero-order chi connectivity index (χ0) is 22.9. The Morgan fingerprint density at radius 2 is 1.94 bits per heavy atom. The van der Waals surface area contributed by atoms with Crippen molar-refractivity contribution in [2.75, 3.05) is 32.5 Å². The molecule has 3 aromatic rings. The minimum Gasteiger partial charge on any atom is -0.478 e. The average molecular weight is 501 g/mol. The Morgan fingerprint density at radius 3 is 2.59 bits per heavy atom. The molecule has 9 heteroatoms. The molecule has 1 aliphatic rings. The molecule has 0 atom stereocenters. The predicted octanol–water partition coefficient (Wildman–Crippen LogP) is 3.80. The number of hydrogen-bond acceptors (Lipinski definition) is 6. The monoisotopic (exact) mass is 500 g/mol. The number of likely N-dealkylation sites (tertiary alicyclic amines) is 1. The second kappa shape index (κ2) is 9.07. The van der Waals surface area contributed by atoms with Crippen LogP contribution in [0.4, 0.5) is 5.69 Å². The number of aromatic amines is 1. The first-order valence-corrected chi connectivity index (χ1v) is 11.6. The highest BCUT2D eigenvalue weighted by molar-refractivity contribution is 9.10. The van der Waals surface area contributed by atoms with Gasteiger partial charge in [-0.05, 0) is 87.0 Å². The summed E-state index contributed by atoms with van der Waals surface area (Å²) in [5.74, 6) is 1.17. The number of carbonyl (C=O) groups is 1. The van der Waals surface area contributed by atoms with E-state index in [2.05, 4.69) is 48.5 Å². The van der Waals surface area contributed by atoms with E-state index < -0.39 is 5.60 Å². The summed E-state index contributed by atoms with van der Waals surface area (Å²) in [5, 5.41) is 6.31. The second-order valence-corrected chi connectivity index (χ2v) is 9.56. The molecule has 1 saturated heterocycles. The lowest BCUT2D eigenvalue weighted by atomic mass is 10.1. The molecule has 1 amide bonds. The lowest BCUT2D eigenvalue weighted by Gasteiger charge is -2.30. The highest BCUT2D eigenvalue weighted by Gasteiger charge is 2.28. The third-order valence-corrected chi connectivity index (χ3v) is 6.42. The van der Waals surface area contributed by atoms with Crippen molar-refractivity contribution >= 4 is 38.7 Å². The van der Waals surface area contributed by atoms with Gasteiger partial charge in [0.25, 0.3) is 5.91 Å². The number of benzene rings is 1. The van der Waals surface area contributed by atoms with Crippen LogP contribution in [0.1, 0.15) is 26.7 Å². The van der Waals surface area contributed by atoms with Gasteiger partial charge in [-0.15, -0.1) is 0 Å². The van der Waals surface area contributed by atoms with Crippen LogP contribution in [0.25, 0.3) is 22.6 Å². The minimum absolute atomic E-state index is 0.180. The van der Waals surface area contributed by atoms with E-state index in [9.17, 15) is 4.79 Å². The molecular weight excluding hydrogens is 472 g/mol. The molecule has 0 bridgehead atoms. The van der Waals surface area contributed by atoms with Crippen molar-refractivity contribution in [3.05, 3.63) is 34.9 Å². The average Bonchev–Trinajstić information content (AvgIpc) is 3.21. The molecule has 1 fully saturated rings. The summed E-state index contributed by atoms with van der Waals surface area (Å²) in [7, 11) is 3.76. The van der Waals surface area contributed by atoms with Gasteiger partial charge in [0, 0.05) is 24.8 Å². The van der Waals surface area contributed by atoms with Gasteiger partial charge in [0.2, 0.25) is 0 Å². The van der Waals surface area contributed by atoms with Crippen molar-refractivity contribution in [3.63, 3.8) is 0 Å². The maximum Gasteiger partial charge on any atom is 0.263 e. The van der Waals surface area contributed by atoms with Gasteiger partial charge in [-0.2, -0.15) is 0 Å². The lowest BCUT2D eigenvalue weighted by Crippen LogP contribution is -2.45. The molecule has 0 radical (unpaired) electrons. The summed E-state index contributed by atoms with van der Waals surface area (Å²) < 4.78 is 6.77. The molecule has 3 N–H and O–H groups in total. The summed E-state index contributed by atoms with van der Waals surface area (Å²) >= 11 is 3.64. The Morgan fingerprint density at radius 1 is 1.25 bits per heavy atom. The molecular formula is C23H29BrN6O2. The van der Waals surface area contributed by atoms with Crippen molar-refractivity contribution in [1.82, 2.24) is 25.2 Å². The number of likely N-dealkylation sites (N-methyl/N-ethyl adjacent to an activating group) is 1. The first-order chi connectivity index (χ1) is 15.3. The maximum atomic E-state index is 12.0. The summed E-state index contributed by atoms with van der Waals surface area (Å²) in [6, 6.07) is 7.95. The van der Waals surface area contributed by atoms with Gasteiger partial charge in [0.15, 0.2) is 11.2 Å². The fraction of sp³-hybridized carbons (Fsp3) is 0.435. The van der Waals surface area contributed by atoms with Crippen LogP contribution in [0.3, 0.4) is 0 Å². The van der Waals surface area contributed by atoms with Gasteiger partial charge in [-0.3, -0.25) is 4.79 Å². The molecule has 0 saturated carbocycles. The van der Waals surface area contributed by atoms with Crippen molar-refractivity contribution in [2.24, 2.45) is 0 Å². The number of nitrogens with zero attached hydrogens (tertiary/aromatic N) is 3. The number of fused-ring (bicyclic) bond motifs is 1. The fourth-order valence-corrected chi connectivity index (χ4v) is 4.31. The number of ether oxygens (including phenoxy) is 1. The van der Waals surface area contributed by atoms with E-state index in [4.69, 9.17) is 9.72 Å². The zero-order valence-electron chi connectivity index (χ0n) is 18.8. The first kappa shape index (κ1) is 22.5. The molecule has 32 heavy (non-hydrogen) atoms.